The van der Waals surface area contributed by atoms with E-state index in [1.165, 1.54) is 29.1 Å². The van der Waals surface area contributed by atoms with Gasteiger partial charge in [0.1, 0.15) is 5.75 Å². The number of ether oxygens (including phenoxy) is 2. The molecule has 2 aliphatic heterocycles. The zero-order valence-corrected chi connectivity index (χ0v) is 25.4. The first-order valence-electron chi connectivity index (χ1n) is 14.3. The van der Waals surface area contributed by atoms with Crippen LogP contribution in [0.1, 0.15) is 45.1 Å². The number of likely N-dealkylation sites (tertiary alicyclic amines) is 1. The lowest BCUT2D eigenvalue weighted by Crippen LogP contribution is -2.41. The monoisotopic (exact) mass is 597 g/mol. The van der Waals surface area contributed by atoms with Gasteiger partial charge in [-0.1, -0.05) is 50.2 Å². The quantitative estimate of drug-likeness (QED) is 0.411. The molecule has 12 heteroatoms. The van der Waals surface area contributed by atoms with Gasteiger partial charge in [0.25, 0.3) is 0 Å². The summed E-state index contributed by atoms with van der Waals surface area (Å²) >= 11 is 0. The predicted octanol–water partition coefficient (Wildman–Crippen LogP) is 3.91. The molecule has 1 N–H and O–H groups in total. The number of nitrogens with one attached hydrogen (secondary N) is 1. The Kier molecular flexibility index (Phi) is 8.97. The number of hydrogen-bond acceptors (Lipinski definition) is 9. The van der Waals surface area contributed by atoms with Crippen molar-refractivity contribution in [3.05, 3.63) is 53.9 Å². The van der Waals surface area contributed by atoms with Crippen molar-refractivity contribution in [2.75, 3.05) is 51.8 Å². The Balaban J connectivity index is 1.23. The molecule has 1 aromatic heterocycles. The molecule has 0 bridgehead atoms. The van der Waals surface area contributed by atoms with Crippen LogP contribution in [-0.2, 0) is 31.5 Å². The lowest BCUT2D eigenvalue weighted by molar-refractivity contribution is -0.121. The maximum atomic E-state index is 13.4. The molecule has 0 saturated carbocycles. The molecule has 1 unspecified atom stereocenters. The number of morpholine rings is 1. The van der Waals surface area contributed by atoms with E-state index in [1.54, 1.807) is 6.07 Å². The zero-order valence-electron chi connectivity index (χ0n) is 24.6. The smallest absolute Gasteiger partial charge is 0.243 e. The molecule has 3 heterocycles. The molecule has 2 aromatic carbocycles. The van der Waals surface area contributed by atoms with Crippen LogP contribution in [0.2, 0.25) is 0 Å². The SMILES string of the molecule is COc1ccc(S(=O)(=O)N2CCOCC2)cc1NC(=O)C1CCCN(Cc2nc(-c3ccc(C(C)(C)C)cc3)no2)C1. The Hall–Kier alpha value is -3.32. The highest BCUT2D eigenvalue weighted by Crippen LogP contribution is 2.31. The van der Waals surface area contributed by atoms with Crippen molar-refractivity contribution in [3.63, 3.8) is 0 Å². The van der Waals surface area contributed by atoms with Crippen LogP contribution in [0.5, 0.6) is 5.75 Å². The van der Waals surface area contributed by atoms with Gasteiger partial charge in [0.05, 0.1) is 43.4 Å². The minimum absolute atomic E-state index is 0.0621. The number of nitrogens with zero attached hydrogens (tertiary/aromatic N) is 4. The van der Waals surface area contributed by atoms with Crippen molar-refractivity contribution in [1.82, 2.24) is 19.3 Å². The van der Waals surface area contributed by atoms with Gasteiger partial charge in [-0.05, 0) is 48.6 Å². The number of sulfonamides is 1. The fraction of sp³-hybridized carbons (Fsp3) is 0.500. The first-order chi connectivity index (χ1) is 20.0. The average molecular weight is 598 g/mol. The van der Waals surface area contributed by atoms with Gasteiger partial charge in [-0.25, -0.2) is 8.42 Å². The number of piperidine rings is 1. The molecule has 11 nitrogen and oxygen atoms in total. The van der Waals surface area contributed by atoms with E-state index in [9.17, 15) is 13.2 Å². The number of amides is 1. The summed E-state index contributed by atoms with van der Waals surface area (Å²) in [5.41, 5.74) is 2.51. The highest BCUT2D eigenvalue weighted by molar-refractivity contribution is 7.89. The molecule has 0 radical (unpaired) electrons. The van der Waals surface area contributed by atoms with E-state index in [4.69, 9.17) is 14.0 Å². The van der Waals surface area contributed by atoms with Crippen LogP contribution >= 0.6 is 0 Å². The van der Waals surface area contributed by atoms with Crippen LogP contribution in [-0.4, -0.2) is 80.2 Å². The van der Waals surface area contributed by atoms with Crippen LogP contribution in [0.4, 0.5) is 5.69 Å². The normalized spacial score (nSPS) is 19.0. The Labute approximate surface area is 247 Å². The van der Waals surface area contributed by atoms with Crippen molar-refractivity contribution in [1.29, 1.82) is 0 Å². The van der Waals surface area contributed by atoms with Crippen LogP contribution in [0.25, 0.3) is 11.4 Å². The second-order valence-corrected chi connectivity index (χ2v) is 13.7. The number of carbonyl (C=O) groups is 1. The molecule has 42 heavy (non-hydrogen) atoms. The molecular formula is C30H39N5O6S. The molecular weight excluding hydrogens is 558 g/mol. The first kappa shape index (κ1) is 30.1. The summed E-state index contributed by atoms with van der Waals surface area (Å²) in [6, 6.07) is 12.7. The third-order valence-corrected chi connectivity index (χ3v) is 9.64. The van der Waals surface area contributed by atoms with E-state index < -0.39 is 10.0 Å². The fourth-order valence-corrected chi connectivity index (χ4v) is 6.71. The summed E-state index contributed by atoms with van der Waals surface area (Å²) in [6.07, 6.45) is 1.54. The van der Waals surface area contributed by atoms with E-state index in [0.29, 0.717) is 69.0 Å². The number of aromatic nitrogens is 2. The zero-order chi connectivity index (χ0) is 29.9. The maximum absolute atomic E-state index is 13.4. The topological polar surface area (TPSA) is 127 Å². The highest BCUT2D eigenvalue weighted by atomic mass is 32.2. The van der Waals surface area contributed by atoms with Crippen LogP contribution < -0.4 is 10.1 Å². The van der Waals surface area contributed by atoms with Gasteiger partial charge in [-0.15, -0.1) is 0 Å². The molecule has 2 saturated heterocycles. The number of hydrogen-bond donors (Lipinski definition) is 1. The molecule has 5 rings (SSSR count). The second-order valence-electron chi connectivity index (χ2n) is 11.8. The number of anilines is 1. The molecule has 1 amide bonds. The van der Waals surface area contributed by atoms with Crippen LogP contribution in [0.3, 0.4) is 0 Å². The van der Waals surface area contributed by atoms with Gasteiger partial charge in [0, 0.05) is 25.2 Å². The van der Waals surface area contributed by atoms with Crippen molar-refractivity contribution in [2.45, 2.75) is 50.5 Å². The lowest BCUT2D eigenvalue weighted by atomic mass is 9.87. The molecule has 226 valence electrons. The molecule has 2 aliphatic rings. The summed E-state index contributed by atoms with van der Waals surface area (Å²) in [4.78, 5) is 20.2. The fourth-order valence-electron chi connectivity index (χ4n) is 5.28. The minimum atomic E-state index is -3.73. The summed E-state index contributed by atoms with van der Waals surface area (Å²) in [5, 5.41) is 7.09. The molecule has 0 aliphatic carbocycles. The van der Waals surface area contributed by atoms with Crippen molar-refractivity contribution in [2.24, 2.45) is 5.92 Å². The molecule has 2 fully saturated rings. The highest BCUT2D eigenvalue weighted by Gasteiger charge is 2.30. The van der Waals surface area contributed by atoms with Gasteiger partial charge in [0.15, 0.2) is 0 Å². The van der Waals surface area contributed by atoms with Crippen molar-refractivity contribution < 1.29 is 27.2 Å². The van der Waals surface area contributed by atoms with E-state index in [0.717, 1.165) is 18.5 Å². The lowest BCUT2D eigenvalue weighted by Gasteiger charge is -2.31. The van der Waals surface area contributed by atoms with Gasteiger partial charge in [-0.3, -0.25) is 9.69 Å². The molecule has 0 spiro atoms. The van der Waals surface area contributed by atoms with E-state index in [-0.39, 0.29) is 22.1 Å². The van der Waals surface area contributed by atoms with Gasteiger partial charge >= 0.3 is 0 Å². The second kappa shape index (κ2) is 12.5. The maximum Gasteiger partial charge on any atom is 0.243 e. The Morgan fingerprint density at radius 1 is 1.10 bits per heavy atom. The molecule has 1 atom stereocenters. The third-order valence-electron chi connectivity index (χ3n) is 7.75. The van der Waals surface area contributed by atoms with Gasteiger partial charge in [0.2, 0.25) is 27.6 Å². The number of benzene rings is 2. The van der Waals surface area contributed by atoms with Gasteiger partial charge < -0.3 is 19.3 Å². The van der Waals surface area contributed by atoms with E-state index >= 15 is 0 Å². The standard InChI is InChI=1S/C30H39N5O6S/c1-30(2,3)23-9-7-21(8-10-23)28-32-27(41-33-28)20-34-13-5-6-22(19-34)29(36)31-25-18-24(11-12-26(25)39-4)42(37,38)35-14-16-40-17-15-35/h7-12,18,22H,5-6,13-17,19-20H2,1-4H3,(H,31,36). The van der Waals surface area contributed by atoms with E-state index in [2.05, 4.69) is 53.3 Å². The Bertz CT molecular complexity index is 1490. The predicted molar refractivity (Wildman–Crippen MR) is 158 cm³/mol. The Morgan fingerprint density at radius 3 is 2.52 bits per heavy atom. The number of rotatable bonds is 8. The third kappa shape index (κ3) is 6.83. The minimum Gasteiger partial charge on any atom is -0.495 e. The molecule has 3 aromatic rings. The van der Waals surface area contributed by atoms with Crippen LogP contribution in [0, 0.1) is 5.92 Å². The summed E-state index contributed by atoms with van der Waals surface area (Å²) in [5.74, 6) is 0.939. The van der Waals surface area contributed by atoms with Crippen molar-refractivity contribution >= 4 is 21.6 Å². The number of carbonyl (C=O) groups excluding carboxylic acids is 1. The Morgan fingerprint density at radius 2 is 1.83 bits per heavy atom. The largest absolute Gasteiger partial charge is 0.495 e. The summed E-state index contributed by atoms with van der Waals surface area (Å²) in [7, 11) is -2.24. The number of methoxy groups -OCH3 is 1. The van der Waals surface area contributed by atoms with Gasteiger partial charge in [-0.2, -0.15) is 9.29 Å². The van der Waals surface area contributed by atoms with Crippen molar-refractivity contribution in [3.8, 4) is 17.1 Å². The summed E-state index contributed by atoms with van der Waals surface area (Å²) in [6.45, 7) is 9.56. The summed E-state index contributed by atoms with van der Waals surface area (Å²) < 4.78 is 44.0. The average Bonchev–Trinajstić information content (AvgIpc) is 3.45. The van der Waals surface area contributed by atoms with E-state index in [1.807, 2.05) is 12.1 Å². The first-order valence-corrected chi connectivity index (χ1v) is 15.7. The van der Waals surface area contributed by atoms with Crippen LogP contribution in [0.15, 0.2) is 51.9 Å².